The first-order valence-corrected chi connectivity index (χ1v) is 8.88. The van der Waals surface area contributed by atoms with Gasteiger partial charge in [-0.1, -0.05) is 33.1 Å². The molecule has 0 bridgehead atoms. The molecule has 0 saturated heterocycles. The first kappa shape index (κ1) is 17.6. The van der Waals surface area contributed by atoms with Crippen LogP contribution in [0.15, 0.2) is 12.2 Å². The number of thiophene rings is 1. The summed E-state index contributed by atoms with van der Waals surface area (Å²) >= 11 is 1.06. The number of rotatable bonds is 7. The monoisotopic (exact) mass is 334 g/mol. The van der Waals surface area contributed by atoms with Gasteiger partial charge in [0.15, 0.2) is 11.6 Å². The third-order valence-corrected chi connectivity index (χ3v) is 5.47. The summed E-state index contributed by atoms with van der Waals surface area (Å²) in [7, 11) is 0. The van der Waals surface area contributed by atoms with Gasteiger partial charge >= 0.3 is 5.97 Å². The second-order valence-corrected chi connectivity index (χ2v) is 6.86. The molecule has 0 aromatic carbocycles. The second kappa shape index (κ2) is 7.68. The van der Waals surface area contributed by atoms with E-state index in [0.29, 0.717) is 33.4 Å². The van der Waals surface area contributed by atoms with Crippen molar-refractivity contribution >= 4 is 28.9 Å². The van der Waals surface area contributed by atoms with Crippen molar-refractivity contribution in [3.8, 4) is 0 Å². The van der Waals surface area contributed by atoms with Gasteiger partial charge in [0.05, 0.1) is 11.5 Å². The number of allylic oxidation sites excluding steroid dienone is 2. The first-order chi connectivity index (χ1) is 11.0. The van der Waals surface area contributed by atoms with Gasteiger partial charge in [0, 0.05) is 5.56 Å². The lowest BCUT2D eigenvalue weighted by atomic mass is 9.99. The van der Waals surface area contributed by atoms with Crippen LogP contribution in [0.2, 0.25) is 0 Å². The van der Waals surface area contributed by atoms with Crippen molar-refractivity contribution in [2.24, 2.45) is 5.92 Å². The molecule has 0 aliphatic heterocycles. The van der Waals surface area contributed by atoms with Gasteiger partial charge < -0.3 is 4.74 Å². The lowest BCUT2D eigenvalue weighted by molar-refractivity contribution is 0.0433. The van der Waals surface area contributed by atoms with E-state index in [2.05, 4.69) is 13.8 Å². The normalized spacial score (nSPS) is 14.7. The molecule has 0 N–H and O–H groups in total. The van der Waals surface area contributed by atoms with Crippen LogP contribution in [0.4, 0.5) is 0 Å². The van der Waals surface area contributed by atoms with E-state index >= 15 is 0 Å². The molecule has 5 heteroatoms. The number of hydrogen-bond donors (Lipinski definition) is 0. The van der Waals surface area contributed by atoms with E-state index < -0.39 is 5.97 Å². The van der Waals surface area contributed by atoms with E-state index in [4.69, 9.17) is 4.74 Å². The van der Waals surface area contributed by atoms with Crippen LogP contribution in [0, 0.1) is 12.8 Å². The van der Waals surface area contributed by atoms with E-state index in [1.807, 2.05) is 0 Å². The van der Waals surface area contributed by atoms with Crippen LogP contribution in [-0.2, 0) is 4.74 Å². The molecule has 1 heterocycles. The Morgan fingerprint density at radius 2 is 1.91 bits per heavy atom. The van der Waals surface area contributed by atoms with E-state index in [0.717, 1.165) is 37.0 Å². The Hall–Kier alpha value is -1.75. The zero-order valence-corrected chi connectivity index (χ0v) is 14.6. The molecule has 1 aromatic rings. The molecule has 1 unspecified atom stereocenters. The third-order valence-electron chi connectivity index (χ3n) is 4.18. The van der Waals surface area contributed by atoms with Crippen molar-refractivity contribution in [1.29, 1.82) is 0 Å². The molecule has 0 fully saturated rings. The Morgan fingerprint density at radius 1 is 1.22 bits per heavy atom. The first-order valence-electron chi connectivity index (χ1n) is 8.06. The molecule has 4 nitrogen and oxygen atoms in total. The van der Waals surface area contributed by atoms with Crippen LogP contribution in [0.25, 0.3) is 0 Å². The summed E-state index contributed by atoms with van der Waals surface area (Å²) in [6, 6.07) is 0. The standard InChI is InChI=1S/C18H22O4S/c1-4-6-7-12(5-2)10-22-18(21)16-11(3)15-13(19)8-9-14(20)17(15)23-16/h8-9,12H,4-7,10H2,1-3H3. The number of unbranched alkanes of at least 4 members (excludes halogenated alkanes) is 1. The highest BCUT2D eigenvalue weighted by Gasteiger charge is 2.29. The number of esters is 1. The zero-order chi connectivity index (χ0) is 17.0. The van der Waals surface area contributed by atoms with Gasteiger partial charge in [-0.05, 0) is 37.0 Å². The fourth-order valence-corrected chi connectivity index (χ4v) is 3.77. The van der Waals surface area contributed by atoms with Crippen LogP contribution in [0.5, 0.6) is 0 Å². The average Bonchev–Trinajstić information content (AvgIpc) is 2.90. The summed E-state index contributed by atoms with van der Waals surface area (Å²) in [4.78, 5) is 36.9. The molecular formula is C18H22O4S. The summed E-state index contributed by atoms with van der Waals surface area (Å²) in [6.07, 6.45) is 6.77. The molecular weight excluding hydrogens is 312 g/mol. The van der Waals surface area contributed by atoms with Crippen molar-refractivity contribution in [2.45, 2.75) is 46.5 Å². The van der Waals surface area contributed by atoms with Crippen molar-refractivity contribution in [3.05, 3.63) is 33.0 Å². The van der Waals surface area contributed by atoms with Gasteiger partial charge in [-0.2, -0.15) is 0 Å². The molecule has 1 aliphatic carbocycles. The molecule has 1 aromatic heterocycles. The summed E-state index contributed by atoms with van der Waals surface area (Å²) in [5.74, 6) is -0.515. The van der Waals surface area contributed by atoms with E-state index in [1.165, 1.54) is 12.2 Å². The van der Waals surface area contributed by atoms with Crippen LogP contribution in [0.1, 0.15) is 74.8 Å². The fourth-order valence-electron chi connectivity index (χ4n) is 2.65. The second-order valence-electron chi connectivity index (χ2n) is 5.84. The Bertz CT molecular complexity index is 654. The largest absolute Gasteiger partial charge is 0.461 e. The zero-order valence-electron chi connectivity index (χ0n) is 13.8. The molecule has 1 atom stereocenters. The topological polar surface area (TPSA) is 60.4 Å². The minimum absolute atomic E-state index is 0.221. The number of hydrogen-bond acceptors (Lipinski definition) is 5. The minimum atomic E-state index is -0.433. The highest BCUT2D eigenvalue weighted by molar-refractivity contribution is 7.16. The number of fused-ring (bicyclic) bond motifs is 1. The molecule has 1 aliphatic rings. The lowest BCUT2D eigenvalue weighted by Crippen LogP contribution is -2.14. The van der Waals surface area contributed by atoms with Crippen molar-refractivity contribution < 1.29 is 19.1 Å². The molecule has 0 spiro atoms. The molecule has 23 heavy (non-hydrogen) atoms. The summed E-state index contributed by atoms with van der Waals surface area (Å²) in [5, 5.41) is 0. The Morgan fingerprint density at radius 3 is 2.52 bits per heavy atom. The van der Waals surface area contributed by atoms with Crippen LogP contribution < -0.4 is 0 Å². The number of ketones is 2. The highest BCUT2D eigenvalue weighted by Crippen LogP contribution is 2.32. The van der Waals surface area contributed by atoms with Crippen LogP contribution >= 0.6 is 11.3 Å². The highest BCUT2D eigenvalue weighted by atomic mass is 32.1. The van der Waals surface area contributed by atoms with E-state index in [9.17, 15) is 14.4 Å². The minimum Gasteiger partial charge on any atom is -0.461 e. The van der Waals surface area contributed by atoms with Crippen molar-refractivity contribution in [2.75, 3.05) is 6.61 Å². The molecule has 0 radical (unpaired) electrons. The van der Waals surface area contributed by atoms with Gasteiger partial charge in [0.1, 0.15) is 4.88 Å². The maximum absolute atomic E-state index is 12.3. The smallest absolute Gasteiger partial charge is 0.348 e. The molecule has 2 rings (SSSR count). The van der Waals surface area contributed by atoms with Crippen molar-refractivity contribution in [1.82, 2.24) is 0 Å². The van der Waals surface area contributed by atoms with Crippen LogP contribution in [-0.4, -0.2) is 24.1 Å². The van der Waals surface area contributed by atoms with Crippen molar-refractivity contribution in [3.63, 3.8) is 0 Å². The summed E-state index contributed by atoms with van der Waals surface area (Å²) in [5.41, 5.74) is 0.909. The third kappa shape index (κ3) is 3.78. The fraction of sp³-hybridized carbons (Fsp3) is 0.500. The van der Waals surface area contributed by atoms with Gasteiger partial charge in [0.25, 0.3) is 0 Å². The van der Waals surface area contributed by atoms with Gasteiger partial charge in [-0.25, -0.2) is 4.79 Å². The molecule has 0 saturated carbocycles. The van der Waals surface area contributed by atoms with E-state index in [-0.39, 0.29) is 11.6 Å². The Kier molecular flexibility index (Phi) is 5.88. The summed E-state index contributed by atoms with van der Waals surface area (Å²) < 4.78 is 5.44. The maximum atomic E-state index is 12.3. The van der Waals surface area contributed by atoms with E-state index in [1.54, 1.807) is 6.92 Å². The number of ether oxygens (including phenoxy) is 1. The predicted molar refractivity (Wildman–Crippen MR) is 90.4 cm³/mol. The number of carbonyl (C=O) groups excluding carboxylic acids is 3. The predicted octanol–water partition coefficient (Wildman–Crippen LogP) is 4.36. The van der Waals surface area contributed by atoms with Gasteiger partial charge in [-0.15, -0.1) is 11.3 Å². The lowest BCUT2D eigenvalue weighted by Gasteiger charge is -2.14. The van der Waals surface area contributed by atoms with Gasteiger partial charge in [0.2, 0.25) is 0 Å². The average molecular weight is 334 g/mol. The van der Waals surface area contributed by atoms with Crippen LogP contribution in [0.3, 0.4) is 0 Å². The SMILES string of the molecule is CCCCC(CC)COC(=O)c1sc2c(c1C)C(=O)C=CC2=O. The Balaban J connectivity index is 2.11. The van der Waals surface area contributed by atoms with Gasteiger partial charge in [-0.3, -0.25) is 9.59 Å². The summed E-state index contributed by atoms with van der Waals surface area (Å²) in [6.45, 7) is 6.31. The number of carbonyl (C=O) groups is 3. The molecule has 124 valence electrons. The molecule has 0 amide bonds. The maximum Gasteiger partial charge on any atom is 0.348 e. The Labute approximate surface area is 140 Å². The quantitative estimate of drug-likeness (QED) is 0.695.